The van der Waals surface area contributed by atoms with Gasteiger partial charge in [0.05, 0.1) is 12.0 Å². The number of ether oxygens (including phenoxy) is 2. The number of nitrogens with zero attached hydrogens (tertiary/aromatic N) is 1. The van der Waals surface area contributed by atoms with Crippen LogP contribution in [-0.2, 0) is 11.2 Å². The van der Waals surface area contributed by atoms with E-state index in [4.69, 9.17) is 9.47 Å². The molecule has 0 heterocycles. The Balaban J connectivity index is 1.66. The zero-order valence-electron chi connectivity index (χ0n) is 17.5. The van der Waals surface area contributed by atoms with Crippen LogP contribution in [0.4, 0.5) is 5.69 Å². The highest BCUT2D eigenvalue weighted by Gasteiger charge is 2.15. The van der Waals surface area contributed by atoms with Crippen molar-refractivity contribution in [1.82, 2.24) is 5.32 Å². The van der Waals surface area contributed by atoms with Gasteiger partial charge in [0.2, 0.25) is 0 Å². The zero-order chi connectivity index (χ0) is 22.2. The Labute approximate surface area is 180 Å². The van der Waals surface area contributed by atoms with E-state index in [2.05, 4.69) is 5.32 Å². The number of amides is 1. The van der Waals surface area contributed by atoms with Gasteiger partial charge in [-0.3, -0.25) is 14.9 Å². The molecule has 160 valence electrons. The molecule has 0 atom stereocenters. The summed E-state index contributed by atoms with van der Waals surface area (Å²) in [6.07, 6.45) is 0.729. The van der Waals surface area contributed by atoms with E-state index < -0.39 is 4.92 Å². The van der Waals surface area contributed by atoms with Gasteiger partial charge in [-0.2, -0.15) is 0 Å². The number of nitrogens with one attached hydrogen (secondary N) is 1. The van der Waals surface area contributed by atoms with Crippen LogP contribution in [0, 0.1) is 17.0 Å². The average Bonchev–Trinajstić information content (AvgIpc) is 2.79. The number of nitro groups is 1. The maximum absolute atomic E-state index is 12.2. The lowest BCUT2D eigenvalue weighted by atomic mass is 10.0. The fourth-order valence-corrected chi connectivity index (χ4v) is 3.18. The molecule has 0 aromatic heterocycles. The highest BCUT2D eigenvalue weighted by Crippen LogP contribution is 2.34. The number of methoxy groups -OCH3 is 1. The third kappa shape index (κ3) is 5.82. The lowest BCUT2D eigenvalue weighted by Crippen LogP contribution is -2.30. The van der Waals surface area contributed by atoms with Gasteiger partial charge >= 0.3 is 0 Å². The first-order valence-electron chi connectivity index (χ1n) is 9.85. The van der Waals surface area contributed by atoms with E-state index >= 15 is 0 Å². The van der Waals surface area contributed by atoms with Gasteiger partial charge in [0.25, 0.3) is 11.6 Å². The second-order valence-corrected chi connectivity index (χ2v) is 6.98. The fourth-order valence-electron chi connectivity index (χ4n) is 3.18. The predicted molar refractivity (Wildman–Crippen MR) is 118 cm³/mol. The van der Waals surface area contributed by atoms with Crippen molar-refractivity contribution in [3.8, 4) is 22.6 Å². The van der Waals surface area contributed by atoms with E-state index in [1.165, 1.54) is 29.3 Å². The Morgan fingerprint density at radius 2 is 1.81 bits per heavy atom. The normalized spacial score (nSPS) is 10.4. The van der Waals surface area contributed by atoms with Crippen molar-refractivity contribution in [2.24, 2.45) is 0 Å². The first kappa shape index (κ1) is 21.8. The summed E-state index contributed by atoms with van der Waals surface area (Å²) in [6, 6.07) is 19.4. The quantitative estimate of drug-likeness (QED) is 0.411. The van der Waals surface area contributed by atoms with E-state index in [0.29, 0.717) is 23.6 Å². The molecular weight excluding hydrogens is 396 g/mol. The van der Waals surface area contributed by atoms with Gasteiger partial charge < -0.3 is 14.8 Å². The summed E-state index contributed by atoms with van der Waals surface area (Å²) < 4.78 is 10.9. The molecule has 0 aliphatic rings. The number of aryl methyl sites for hydroxylation is 1. The lowest BCUT2D eigenvalue weighted by Gasteiger charge is -2.13. The summed E-state index contributed by atoms with van der Waals surface area (Å²) in [4.78, 5) is 23.0. The van der Waals surface area contributed by atoms with Gasteiger partial charge in [-0.05, 0) is 48.2 Å². The number of benzene rings is 3. The molecule has 0 aliphatic heterocycles. The number of hydrogen-bond acceptors (Lipinski definition) is 5. The molecule has 0 spiro atoms. The Hall–Kier alpha value is -3.87. The summed E-state index contributed by atoms with van der Waals surface area (Å²) in [6.45, 7) is 2.35. The van der Waals surface area contributed by atoms with Gasteiger partial charge in [-0.25, -0.2) is 0 Å². The van der Waals surface area contributed by atoms with Gasteiger partial charge in [-0.1, -0.05) is 36.4 Å². The molecule has 3 aromatic rings. The monoisotopic (exact) mass is 420 g/mol. The first-order chi connectivity index (χ1) is 15.0. The molecule has 0 saturated carbocycles. The van der Waals surface area contributed by atoms with Crippen LogP contribution in [0.2, 0.25) is 0 Å². The van der Waals surface area contributed by atoms with Gasteiger partial charge in [0.1, 0.15) is 11.5 Å². The predicted octanol–water partition coefficient (Wildman–Crippen LogP) is 4.32. The minimum absolute atomic E-state index is 0.0548. The van der Waals surface area contributed by atoms with Crippen LogP contribution in [0.5, 0.6) is 11.5 Å². The molecule has 0 radical (unpaired) electrons. The SMILES string of the molecule is COc1ccc(-c2cc([N+](=O)[O-])ccc2OCC(=O)NCCc2ccccc2C)cc1. The van der Waals surface area contributed by atoms with Crippen LogP contribution < -0.4 is 14.8 Å². The number of carbonyl (C=O) groups is 1. The van der Waals surface area contributed by atoms with E-state index in [1.54, 1.807) is 31.4 Å². The van der Waals surface area contributed by atoms with E-state index in [-0.39, 0.29) is 18.2 Å². The molecule has 1 N–H and O–H groups in total. The van der Waals surface area contributed by atoms with Crippen molar-refractivity contribution < 1.29 is 19.2 Å². The Bertz CT molecular complexity index is 1060. The number of carbonyl (C=O) groups excluding carboxylic acids is 1. The molecule has 0 aliphatic carbocycles. The smallest absolute Gasteiger partial charge is 0.270 e. The third-order valence-electron chi connectivity index (χ3n) is 4.91. The molecule has 7 heteroatoms. The third-order valence-corrected chi connectivity index (χ3v) is 4.91. The summed E-state index contributed by atoms with van der Waals surface area (Å²) in [5.41, 5.74) is 3.56. The maximum Gasteiger partial charge on any atom is 0.270 e. The average molecular weight is 420 g/mol. The van der Waals surface area contributed by atoms with Crippen LogP contribution in [0.25, 0.3) is 11.1 Å². The molecule has 31 heavy (non-hydrogen) atoms. The summed E-state index contributed by atoms with van der Waals surface area (Å²) in [5.74, 6) is 0.808. The standard InChI is InChI=1S/C24H24N2O5/c1-17-5-3-4-6-18(17)13-14-25-24(27)16-31-23-12-9-20(26(28)29)15-22(23)19-7-10-21(30-2)11-8-19/h3-12,15H,13-14,16H2,1-2H3,(H,25,27). The molecule has 0 unspecified atom stereocenters. The van der Waals surface area contributed by atoms with E-state index in [9.17, 15) is 14.9 Å². The second kappa shape index (κ2) is 10.2. The summed E-state index contributed by atoms with van der Waals surface area (Å²) in [7, 11) is 1.56. The highest BCUT2D eigenvalue weighted by molar-refractivity contribution is 5.78. The second-order valence-electron chi connectivity index (χ2n) is 6.98. The number of nitro benzene ring substituents is 1. The zero-order valence-corrected chi connectivity index (χ0v) is 17.5. The Morgan fingerprint density at radius 3 is 2.48 bits per heavy atom. The topological polar surface area (TPSA) is 90.7 Å². The molecule has 1 amide bonds. The van der Waals surface area contributed by atoms with Crippen molar-refractivity contribution >= 4 is 11.6 Å². The van der Waals surface area contributed by atoms with Gasteiger partial charge in [-0.15, -0.1) is 0 Å². The summed E-state index contributed by atoms with van der Waals surface area (Å²) >= 11 is 0. The van der Waals surface area contributed by atoms with Crippen LogP contribution in [-0.4, -0.2) is 31.1 Å². The van der Waals surface area contributed by atoms with Gasteiger partial charge in [0, 0.05) is 24.2 Å². The van der Waals surface area contributed by atoms with Crippen molar-refractivity contribution in [2.75, 3.05) is 20.3 Å². The molecule has 0 fully saturated rings. The van der Waals surface area contributed by atoms with Crippen molar-refractivity contribution in [2.45, 2.75) is 13.3 Å². The summed E-state index contributed by atoms with van der Waals surface area (Å²) in [5, 5.41) is 14.0. The molecule has 7 nitrogen and oxygen atoms in total. The van der Waals surface area contributed by atoms with Gasteiger partial charge in [0.15, 0.2) is 6.61 Å². The largest absolute Gasteiger partial charge is 0.497 e. The van der Waals surface area contributed by atoms with Crippen molar-refractivity contribution in [1.29, 1.82) is 0 Å². The first-order valence-corrected chi connectivity index (χ1v) is 9.85. The van der Waals surface area contributed by atoms with Crippen LogP contribution in [0.15, 0.2) is 66.7 Å². The van der Waals surface area contributed by atoms with E-state index in [0.717, 1.165) is 12.0 Å². The molecule has 0 bridgehead atoms. The molecule has 3 aromatic carbocycles. The van der Waals surface area contributed by atoms with Crippen LogP contribution >= 0.6 is 0 Å². The van der Waals surface area contributed by atoms with Crippen molar-refractivity contribution in [3.63, 3.8) is 0 Å². The Kier molecular flexibility index (Phi) is 7.22. The number of non-ortho nitro benzene ring substituents is 1. The molecule has 0 saturated heterocycles. The minimum atomic E-state index is -0.463. The molecular formula is C24H24N2O5. The Morgan fingerprint density at radius 1 is 1.06 bits per heavy atom. The van der Waals surface area contributed by atoms with E-state index in [1.807, 2.05) is 31.2 Å². The van der Waals surface area contributed by atoms with Crippen LogP contribution in [0.1, 0.15) is 11.1 Å². The number of hydrogen-bond donors (Lipinski definition) is 1. The lowest BCUT2D eigenvalue weighted by molar-refractivity contribution is -0.384. The highest BCUT2D eigenvalue weighted by atomic mass is 16.6. The maximum atomic E-state index is 12.2. The van der Waals surface area contributed by atoms with Crippen LogP contribution in [0.3, 0.4) is 0 Å². The molecule has 3 rings (SSSR count). The minimum Gasteiger partial charge on any atom is -0.497 e. The number of rotatable bonds is 9. The fraction of sp³-hybridized carbons (Fsp3) is 0.208. The van der Waals surface area contributed by atoms with Crippen molar-refractivity contribution in [3.05, 3.63) is 88.0 Å².